The fourth-order valence-corrected chi connectivity index (χ4v) is 3.04. The molecule has 2 heterocycles. The summed E-state index contributed by atoms with van der Waals surface area (Å²) in [6.07, 6.45) is 1.57. The largest absolute Gasteiger partial charge is 0.480 e. The van der Waals surface area contributed by atoms with Gasteiger partial charge in [-0.25, -0.2) is 4.79 Å². The molecule has 2 atom stereocenters. The summed E-state index contributed by atoms with van der Waals surface area (Å²) in [6, 6.07) is -1.35. The van der Waals surface area contributed by atoms with E-state index in [4.69, 9.17) is 0 Å². The molecule has 112 valence electrons. The topological polar surface area (TPSA) is 98.7 Å². The Bertz CT molecular complexity index is 425. The maximum absolute atomic E-state index is 12.5. The third-order valence-electron chi connectivity index (χ3n) is 4.10. The number of nitrogens with zero attached hydrogens (tertiary/aromatic N) is 1. The van der Waals surface area contributed by atoms with Crippen LogP contribution in [-0.2, 0) is 14.4 Å². The van der Waals surface area contributed by atoms with Crippen LogP contribution in [0.3, 0.4) is 0 Å². The van der Waals surface area contributed by atoms with Crippen molar-refractivity contribution in [1.29, 1.82) is 0 Å². The van der Waals surface area contributed by atoms with E-state index < -0.39 is 23.5 Å². The van der Waals surface area contributed by atoms with Gasteiger partial charge in [0.2, 0.25) is 11.8 Å². The van der Waals surface area contributed by atoms with Gasteiger partial charge in [0.1, 0.15) is 12.1 Å². The standard InChI is InChI=1S/C13H21N3O4/c1-13(2)4-3-5-16(10(13)12(19)20)11(18)8-6-15-9(17)7-14-8/h8,10,14H,3-7H2,1-2H3,(H,15,17)(H,19,20). The van der Waals surface area contributed by atoms with Crippen LogP contribution in [0.4, 0.5) is 0 Å². The van der Waals surface area contributed by atoms with Gasteiger partial charge in [0.05, 0.1) is 6.54 Å². The summed E-state index contributed by atoms with van der Waals surface area (Å²) < 4.78 is 0. The number of piperazine rings is 1. The number of hydrogen-bond donors (Lipinski definition) is 3. The molecule has 0 aromatic rings. The molecule has 2 rings (SSSR count). The molecular weight excluding hydrogens is 262 g/mol. The molecule has 0 aliphatic carbocycles. The monoisotopic (exact) mass is 283 g/mol. The van der Waals surface area contributed by atoms with Gasteiger partial charge in [-0.1, -0.05) is 13.8 Å². The lowest BCUT2D eigenvalue weighted by atomic mass is 9.76. The molecule has 2 unspecified atom stereocenters. The maximum atomic E-state index is 12.5. The molecule has 7 heteroatoms. The lowest BCUT2D eigenvalue weighted by Crippen LogP contribution is -2.64. The van der Waals surface area contributed by atoms with E-state index in [9.17, 15) is 19.5 Å². The summed E-state index contributed by atoms with van der Waals surface area (Å²) in [5.41, 5.74) is -0.447. The van der Waals surface area contributed by atoms with Crippen LogP contribution in [0.5, 0.6) is 0 Å². The van der Waals surface area contributed by atoms with E-state index in [1.54, 1.807) is 0 Å². The van der Waals surface area contributed by atoms with Crippen LogP contribution in [0.2, 0.25) is 0 Å². The third-order valence-corrected chi connectivity index (χ3v) is 4.10. The Morgan fingerprint density at radius 3 is 2.65 bits per heavy atom. The van der Waals surface area contributed by atoms with Crippen LogP contribution < -0.4 is 10.6 Å². The van der Waals surface area contributed by atoms with Crippen molar-refractivity contribution >= 4 is 17.8 Å². The lowest BCUT2D eigenvalue weighted by molar-refractivity contribution is -0.160. The zero-order valence-electron chi connectivity index (χ0n) is 11.8. The lowest BCUT2D eigenvalue weighted by Gasteiger charge is -2.45. The van der Waals surface area contributed by atoms with Gasteiger partial charge in [-0.15, -0.1) is 0 Å². The van der Waals surface area contributed by atoms with Gasteiger partial charge < -0.3 is 15.3 Å². The highest BCUT2D eigenvalue weighted by atomic mass is 16.4. The first kappa shape index (κ1) is 14.8. The minimum absolute atomic E-state index is 0.0887. The Morgan fingerprint density at radius 1 is 1.40 bits per heavy atom. The van der Waals surface area contributed by atoms with Crippen molar-refractivity contribution in [3.05, 3.63) is 0 Å². The molecule has 2 aliphatic heterocycles. The Kier molecular flexibility index (Phi) is 3.99. The van der Waals surface area contributed by atoms with Gasteiger partial charge in [-0.05, 0) is 18.3 Å². The average molecular weight is 283 g/mol. The summed E-state index contributed by atoms with van der Waals surface area (Å²) in [4.78, 5) is 36.6. The highest BCUT2D eigenvalue weighted by Gasteiger charge is 2.46. The van der Waals surface area contributed by atoms with Crippen LogP contribution in [0, 0.1) is 5.41 Å². The predicted octanol–water partition coefficient (Wildman–Crippen LogP) is -0.824. The van der Waals surface area contributed by atoms with E-state index in [1.807, 2.05) is 13.8 Å². The van der Waals surface area contributed by atoms with Crippen LogP contribution in [0.1, 0.15) is 26.7 Å². The molecule has 0 aromatic heterocycles. The summed E-state index contributed by atoms with van der Waals surface area (Å²) in [7, 11) is 0. The highest BCUT2D eigenvalue weighted by molar-refractivity contribution is 5.90. The molecule has 2 aliphatic rings. The van der Waals surface area contributed by atoms with E-state index in [2.05, 4.69) is 10.6 Å². The van der Waals surface area contributed by atoms with E-state index in [-0.39, 0.29) is 24.9 Å². The van der Waals surface area contributed by atoms with Crippen molar-refractivity contribution in [2.45, 2.75) is 38.8 Å². The molecule has 3 N–H and O–H groups in total. The van der Waals surface area contributed by atoms with Gasteiger partial charge in [-0.3, -0.25) is 14.9 Å². The number of carboxylic acids is 1. The second kappa shape index (κ2) is 5.40. The van der Waals surface area contributed by atoms with Gasteiger partial charge in [0.25, 0.3) is 0 Å². The van der Waals surface area contributed by atoms with Crippen LogP contribution in [0.15, 0.2) is 0 Å². The van der Waals surface area contributed by atoms with Gasteiger partial charge >= 0.3 is 5.97 Å². The summed E-state index contributed by atoms with van der Waals surface area (Å²) in [5.74, 6) is -1.36. The Hall–Kier alpha value is -1.63. The fourth-order valence-electron chi connectivity index (χ4n) is 3.04. The van der Waals surface area contributed by atoms with Crippen molar-refractivity contribution < 1.29 is 19.5 Å². The minimum atomic E-state index is -0.970. The van der Waals surface area contributed by atoms with Crippen molar-refractivity contribution in [2.24, 2.45) is 5.41 Å². The van der Waals surface area contributed by atoms with Crippen molar-refractivity contribution in [1.82, 2.24) is 15.5 Å². The van der Waals surface area contributed by atoms with Crippen molar-refractivity contribution in [3.8, 4) is 0 Å². The molecule has 20 heavy (non-hydrogen) atoms. The Morgan fingerprint density at radius 2 is 2.10 bits per heavy atom. The quantitative estimate of drug-likeness (QED) is 0.615. The fraction of sp³-hybridized carbons (Fsp3) is 0.769. The molecule has 2 fully saturated rings. The first-order chi connectivity index (χ1) is 9.33. The Labute approximate surface area is 117 Å². The maximum Gasteiger partial charge on any atom is 0.326 e. The summed E-state index contributed by atoms with van der Waals surface area (Å²) >= 11 is 0. The summed E-state index contributed by atoms with van der Waals surface area (Å²) in [5, 5.41) is 14.9. The van der Waals surface area contributed by atoms with Crippen molar-refractivity contribution in [3.63, 3.8) is 0 Å². The minimum Gasteiger partial charge on any atom is -0.480 e. The predicted molar refractivity (Wildman–Crippen MR) is 71.0 cm³/mol. The van der Waals surface area contributed by atoms with E-state index in [1.165, 1.54) is 4.90 Å². The first-order valence-corrected chi connectivity index (χ1v) is 6.86. The average Bonchev–Trinajstić information content (AvgIpc) is 2.36. The number of carbonyl (C=O) groups is 3. The number of carbonyl (C=O) groups excluding carboxylic acids is 2. The number of rotatable bonds is 2. The van der Waals surface area contributed by atoms with Gasteiger partial charge in [0.15, 0.2) is 0 Å². The molecule has 0 bridgehead atoms. The Balaban J connectivity index is 2.14. The SMILES string of the molecule is CC1(C)CCCN(C(=O)C2CNC(=O)CN2)C1C(=O)O. The number of nitrogens with one attached hydrogen (secondary N) is 2. The number of carboxylic acid groups (broad SMARTS) is 1. The molecule has 0 saturated carbocycles. The second-order valence-corrected chi connectivity index (χ2v) is 6.10. The van der Waals surface area contributed by atoms with Crippen LogP contribution >= 0.6 is 0 Å². The zero-order chi connectivity index (χ0) is 14.9. The third kappa shape index (κ3) is 2.77. The molecular formula is C13H21N3O4. The molecule has 2 amide bonds. The number of piperidine rings is 1. The van der Waals surface area contributed by atoms with Crippen LogP contribution in [0.25, 0.3) is 0 Å². The smallest absolute Gasteiger partial charge is 0.326 e. The summed E-state index contributed by atoms with van der Waals surface area (Å²) in [6.45, 7) is 4.50. The van der Waals surface area contributed by atoms with Crippen LogP contribution in [-0.4, -0.2) is 59.5 Å². The second-order valence-electron chi connectivity index (χ2n) is 6.10. The van der Waals surface area contributed by atoms with E-state index in [0.29, 0.717) is 6.54 Å². The number of amides is 2. The molecule has 0 spiro atoms. The van der Waals surface area contributed by atoms with E-state index >= 15 is 0 Å². The first-order valence-electron chi connectivity index (χ1n) is 6.86. The van der Waals surface area contributed by atoms with Gasteiger partial charge in [0, 0.05) is 13.1 Å². The highest BCUT2D eigenvalue weighted by Crippen LogP contribution is 2.35. The molecule has 0 aromatic carbocycles. The number of hydrogen-bond acceptors (Lipinski definition) is 4. The normalized spacial score (nSPS) is 29.7. The van der Waals surface area contributed by atoms with Gasteiger partial charge in [-0.2, -0.15) is 0 Å². The van der Waals surface area contributed by atoms with Crippen molar-refractivity contribution in [2.75, 3.05) is 19.6 Å². The number of aliphatic carboxylic acids is 1. The zero-order valence-corrected chi connectivity index (χ0v) is 11.8. The molecule has 2 saturated heterocycles. The molecule has 7 nitrogen and oxygen atoms in total. The number of likely N-dealkylation sites (tertiary alicyclic amines) is 1. The molecule has 0 radical (unpaired) electrons. The van der Waals surface area contributed by atoms with E-state index in [0.717, 1.165) is 12.8 Å².